The highest BCUT2D eigenvalue weighted by atomic mass is 35.5. The monoisotopic (exact) mass is 603 g/mol. The van der Waals surface area contributed by atoms with Crippen molar-refractivity contribution in [1.82, 2.24) is 9.80 Å². The number of sulfonamides is 1. The maximum atomic E-state index is 12.8. The molecule has 1 fully saturated rings. The van der Waals surface area contributed by atoms with Crippen molar-refractivity contribution in [3.63, 3.8) is 0 Å². The summed E-state index contributed by atoms with van der Waals surface area (Å²) in [5.74, 6) is -4.45. The van der Waals surface area contributed by atoms with Gasteiger partial charge in [0, 0.05) is 38.8 Å². The molecule has 0 spiro atoms. The lowest BCUT2D eigenvalue weighted by Gasteiger charge is -2.32. The van der Waals surface area contributed by atoms with Gasteiger partial charge >= 0.3 is 18.1 Å². The van der Waals surface area contributed by atoms with E-state index in [0.717, 1.165) is 50.4 Å². The van der Waals surface area contributed by atoms with Crippen LogP contribution in [0.2, 0.25) is 9.36 Å². The summed E-state index contributed by atoms with van der Waals surface area (Å²) >= 11 is 12.2. The molecule has 3 rings (SSSR count). The van der Waals surface area contributed by atoms with Crippen LogP contribution < -0.4 is 9.46 Å². The molecule has 9 nitrogen and oxygen atoms in total. The van der Waals surface area contributed by atoms with Gasteiger partial charge in [-0.05, 0) is 31.7 Å². The van der Waals surface area contributed by atoms with Crippen molar-refractivity contribution >= 4 is 62.2 Å². The van der Waals surface area contributed by atoms with Crippen LogP contribution in [-0.2, 0) is 19.6 Å². The van der Waals surface area contributed by atoms with Crippen LogP contribution in [0.15, 0.2) is 28.5 Å². The summed E-state index contributed by atoms with van der Waals surface area (Å²) < 4.78 is 75.1. The molecule has 204 valence electrons. The van der Waals surface area contributed by atoms with Gasteiger partial charge < -0.3 is 19.3 Å². The number of nitrogens with zero attached hydrogens (tertiary/aromatic N) is 2. The molecule has 1 N–H and O–H groups in total. The zero-order valence-electron chi connectivity index (χ0n) is 19.3. The highest BCUT2D eigenvalue weighted by Crippen LogP contribution is 2.35. The van der Waals surface area contributed by atoms with E-state index in [-0.39, 0.29) is 25.9 Å². The van der Waals surface area contributed by atoms with E-state index in [0.29, 0.717) is 24.3 Å². The number of thiophene rings is 1. The number of esters is 2. The highest BCUT2D eigenvalue weighted by molar-refractivity contribution is 7.94. The minimum Gasteiger partial charge on any atom is -0.462 e. The molecule has 0 unspecified atom stereocenters. The second-order valence-electron chi connectivity index (χ2n) is 8.03. The van der Waals surface area contributed by atoms with Crippen LogP contribution in [0.1, 0.15) is 16.8 Å². The molecule has 0 aliphatic carbocycles. The first-order chi connectivity index (χ1) is 17.3. The molecule has 16 heteroatoms. The van der Waals surface area contributed by atoms with E-state index in [2.05, 4.69) is 19.3 Å². The van der Waals surface area contributed by atoms with Gasteiger partial charge in [0.15, 0.2) is 0 Å². The maximum Gasteiger partial charge on any atom is 0.491 e. The third-order valence-corrected chi connectivity index (χ3v) is 8.94. The molecule has 1 aliphatic heterocycles. The van der Waals surface area contributed by atoms with Crippen molar-refractivity contribution in [2.75, 3.05) is 51.1 Å². The number of anilines is 1. The van der Waals surface area contributed by atoms with E-state index in [1.54, 1.807) is 0 Å². The number of likely N-dealkylation sites (N-methyl/N-ethyl adjacent to an activating group) is 1. The third kappa shape index (κ3) is 8.19. The summed E-state index contributed by atoms with van der Waals surface area (Å²) in [7, 11) is -2.22. The van der Waals surface area contributed by atoms with Gasteiger partial charge in [0.25, 0.3) is 10.0 Å². The topological polar surface area (TPSA) is 105 Å². The fourth-order valence-corrected chi connectivity index (χ4v) is 6.19. The average molecular weight is 604 g/mol. The zero-order chi connectivity index (χ0) is 27.4. The molecule has 0 radical (unpaired) electrons. The summed E-state index contributed by atoms with van der Waals surface area (Å²) in [6.07, 6.45) is -4.87. The third-order valence-electron chi connectivity index (χ3n) is 5.22. The number of alkyl halides is 3. The molecule has 1 saturated heterocycles. The normalized spacial score (nSPS) is 15.4. The first-order valence-electron chi connectivity index (χ1n) is 10.7. The predicted octanol–water partition coefficient (Wildman–Crippen LogP) is 4.12. The molecule has 37 heavy (non-hydrogen) atoms. The molecule has 0 saturated carbocycles. The summed E-state index contributed by atoms with van der Waals surface area (Å²) in [6, 6.07) is 3.97. The van der Waals surface area contributed by atoms with Crippen molar-refractivity contribution in [3.8, 4) is 5.75 Å². The fraction of sp³-hybridized carbons (Fsp3) is 0.429. The van der Waals surface area contributed by atoms with Gasteiger partial charge in [-0.25, -0.2) is 18.0 Å². The van der Waals surface area contributed by atoms with Crippen LogP contribution in [0.5, 0.6) is 5.75 Å². The van der Waals surface area contributed by atoms with Gasteiger partial charge in [0.2, 0.25) is 0 Å². The molecule has 1 aliphatic rings. The second kappa shape index (κ2) is 12.2. The Morgan fingerprint density at radius 3 is 2.41 bits per heavy atom. The number of ether oxygens (including phenoxy) is 2. The quantitative estimate of drug-likeness (QED) is 0.259. The lowest BCUT2D eigenvalue weighted by atomic mass is 10.2. The number of nitrogens with one attached hydrogen (secondary N) is 1. The fourth-order valence-electron chi connectivity index (χ4n) is 3.26. The zero-order valence-corrected chi connectivity index (χ0v) is 22.5. The Kier molecular flexibility index (Phi) is 9.69. The standard InChI is InChI=1S/C21H22Cl2F3N3O6S2/c1-28-6-8-29(9-7-28)5-2-10-34-19(30)14-4-3-13(11-16(14)35-20(31)21(24,25)26)27-37(32,33)17-12-15(22)18(23)36-17/h3-4,11-12,27H,2,5-10H2,1H3. The van der Waals surface area contributed by atoms with Gasteiger partial charge in [-0.3, -0.25) is 4.72 Å². The first-order valence-corrected chi connectivity index (χ1v) is 13.8. The highest BCUT2D eigenvalue weighted by Gasteiger charge is 2.42. The van der Waals surface area contributed by atoms with Gasteiger partial charge in [-0.15, -0.1) is 11.3 Å². The minimum atomic E-state index is -5.36. The molecule has 0 amide bonds. The Labute approximate surface area is 225 Å². The second-order valence-corrected chi connectivity index (χ2v) is 12.0. The van der Waals surface area contributed by atoms with Gasteiger partial charge in [-0.2, -0.15) is 13.2 Å². The van der Waals surface area contributed by atoms with E-state index in [9.17, 15) is 31.2 Å². The van der Waals surface area contributed by atoms with Crippen molar-refractivity contribution < 1.29 is 40.7 Å². The summed E-state index contributed by atoms with van der Waals surface area (Å²) in [5, 5.41) is -0.00226. The average Bonchev–Trinajstić information content (AvgIpc) is 3.16. The molecule has 0 atom stereocenters. The number of hydrogen-bond acceptors (Lipinski definition) is 9. The predicted molar refractivity (Wildman–Crippen MR) is 132 cm³/mol. The molecule has 1 aromatic heterocycles. The van der Waals surface area contributed by atoms with Gasteiger partial charge in [0.1, 0.15) is 19.9 Å². The summed E-state index contributed by atoms with van der Waals surface area (Å²) in [6.45, 7) is 4.19. The lowest BCUT2D eigenvalue weighted by molar-refractivity contribution is -0.189. The van der Waals surface area contributed by atoms with E-state index in [1.807, 2.05) is 7.05 Å². The van der Waals surface area contributed by atoms with Crippen LogP contribution in [0.4, 0.5) is 18.9 Å². The van der Waals surface area contributed by atoms with Crippen LogP contribution in [0.3, 0.4) is 0 Å². The molecule has 1 aromatic carbocycles. The largest absolute Gasteiger partial charge is 0.491 e. The molecule has 2 aromatic rings. The SMILES string of the molecule is CN1CCN(CCCOC(=O)c2ccc(NS(=O)(=O)c3cc(Cl)c(Cl)s3)cc2OC(=O)C(F)(F)F)CC1. The van der Waals surface area contributed by atoms with Crippen molar-refractivity contribution in [2.24, 2.45) is 0 Å². The Morgan fingerprint density at radius 2 is 1.81 bits per heavy atom. The Balaban J connectivity index is 1.73. The molecular formula is C21H22Cl2F3N3O6S2. The van der Waals surface area contributed by atoms with E-state index >= 15 is 0 Å². The van der Waals surface area contributed by atoms with E-state index in [1.165, 1.54) is 0 Å². The van der Waals surface area contributed by atoms with Crippen molar-refractivity contribution in [2.45, 2.75) is 16.8 Å². The Morgan fingerprint density at radius 1 is 1.14 bits per heavy atom. The van der Waals surface area contributed by atoms with Crippen molar-refractivity contribution in [3.05, 3.63) is 39.2 Å². The number of rotatable bonds is 9. The molecular weight excluding hydrogens is 582 g/mol. The lowest BCUT2D eigenvalue weighted by Crippen LogP contribution is -2.44. The van der Waals surface area contributed by atoms with E-state index < -0.39 is 39.5 Å². The molecule has 0 bridgehead atoms. The van der Waals surface area contributed by atoms with Gasteiger partial charge in [0.05, 0.1) is 17.3 Å². The maximum absolute atomic E-state index is 12.8. The Bertz CT molecular complexity index is 1230. The number of halogens is 5. The van der Waals surface area contributed by atoms with Crippen LogP contribution >= 0.6 is 34.5 Å². The van der Waals surface area contributed by atoms with E-state index in [4.69, 9.17) is 27.9 Å². The van der Waals surface area contributed by atoms with Crippen LogP contribution in [0.25, 0.3) is 0 Å². The minimum absolute atomic E-state index is 0.00226. The van der Waals surface area contributed by atoms with Gasteiger partial charge in [-0.1, -0.05) is 23.2 Å². The number of hydrogen-bond donors (Lipinski definition) is 1. The van der Waals surface area contributed by atoms with Crippen LogP contribution in [0, 0.1) is 0 Å². The summed E-state index contributed by atoms with van der Waals surface area (Å²) in [5.41, 5.74) is -0.764. The smallest absolute Gasteiger partial charge is 0.462 e. The number of benzene rings is 1. The number of carbonyl (C=O) groups is 2. The summed E-state index contributed by atoms with van der Waals surface area (Å²) in [4.78, 5) is 28.4. The molecule has 2 heterocycles. The van der Waals surface area contributed by atoms with Crippen molar-refractivity contribution in [1.29, 1.82) is 0 Å². The van der Waals surface area contributed by atoms with Crippen LogP contribution in [-0.4, -0.2) is 82.7 Å². The first kappa shape index (κ1) is 29.5. The number of carbonyl (C=O) groups excluding carboxylic acids is 2. The number of piperazine rings is 1. The Hall–Kier alpha value is -2.10.